The van der Waals surface area contributed by atoms with E-state index in [4.69, 9.17) is 4.74 Å². The Morgan fingerprint density at radius 3 is 2.87 bits per heavy atom. The Bertz CT molecular complexity index is 987. The summed E-state index contributed by atoms with van der Waals surface area (Å²) in [5.41, 5.74) is 3.39. The molecule has 31 heavy (non-hydrogen) atoms. The molecule has 164 valence electrons. The second-order valence-electron chi connectivity index (χ2n) is 8.53. The minimum atomic E-state index is -0.230. The van der Waals surface area contributed by atoms with Crippen LogP contribution in [-0.4, -0.2) is 39.8 Å². The van der Waals surface area contributed by atoms with Crippen molar-refractivity contribution in [2.45, 2.75) is 59.0 Å². The molecule has 1 saturated carbocycles. The average Bonchev–Trinajstić information content (AvgIpc) is 3.54. The molecule has 7 nitrogen and oxygen atoms in total. The highest BCUT2D eigenvalue weighted by molar-refractivity contribution is 6.03. The molecule has 2 aromatic rings. The van der Waals surface area contributed by atoms with Crippen molar-refractivity contribution in [2.75, 3.05) is 13.2 Å². The highest BCUT2D eigenvalue weighted by Gasteiger charge is 2.35. The van der Waals surface area contributed by atoms with Crippen LogP contribution in [0.25, 0.3) is 0 Å². The Hall–Kier alpha value is -2.96. The fraction of sp³-hybridized carbons (Fsp3) is 0.500. The molecule has 1 aliphatic carbocycles. The zero-order valence-electron chi connectivity index (χ0n) is 18.5. The van der Waals surface area contributed by atoms with Gasteiger partial charge in [0.25, 0.3) is 11.8 Å². The molecule has 7 heteroatoms. The van der Waals surface area contributed by atoms with Crippen LogP contribution in [0.4, 0.5) is 0 Å². The first-order valence-electron chi connectivity index (χ1n) is 11.2. The van der Waals surface area contributed by atoms with Gasteiger partial charge in [0.05, 0.1) is 24.5 Å². The molecule has 2 amide bonds. The van der Waals surface area contributed by atoms with Gasteiger partial charge in [0, 0.05) is 30.4 Å². The summed E-state index contributed by atoms with van der Waals surface area (Å²) in [7, 11) is 0. The molecule has 3 heterocycles. The minimum absolute atomic E-state index is 0.0963. The number of nitrogens with zero attached hydrogens (tertiary/aromatic N) is 3. The molecule has 1 fully saturated rings. The number of pyridine rings is 2. The number of aromatic nitrogens is 2. The number of carbonyl (C=O) groups is 2. The van der Waals surface area contributed by atoms with Gasteiger partial charge in [-0.25, -0.2) is 0 Å². The molecule has 0 saturated heterocycles. The van der Waals surface area contributed by atoms with Gasteiger partial charge in [0.1, 0.15) is 11.4 Å². The first-order chi connectivity index (χ1) is 15.0. The monoisotopic (exact) mass is 422 g/mol. The fourth-order valence-electron chi connectivity index (χ4n) is 3.82. The molecule has 1 aliphatic heterocycles. The Balaban J connectivity index is 1.49. The highest BCUT2D eigenvalue weighted by Crippen LogP contribution is 2.34. The quantitative estimate of drug-likeness (QED) is 0.621. The van der Waals surface area contributed by atoms with E-state index in [0.29, 0.717) is 35.8 Å². The van der Waals surface area contributed by atoms with Crippen LogP contribution in [0.15, 0.2) is 24.5 Å². The summed E-state index contributed by atoms with van der Waals surface area (Å²) in [6.45, 7) is 7.74. The van der Waals surface area contributed by atoms with E-state index >= 15 is 0 Å². The second kappa shape index (κ2) is 9.04. The summed E-state index contributed by atoms with van der Waals surface area (Å²) in [4.78, 5) is 36.3. The molecule has 2 aromatic heterocycles. The van der Waals surface area contributed by atoms with Gasteiger partial charge in [0.2, 0.25) is 0 Å². The molecule has 1 N–H and O–H groups in total. The highest BCUT2D eigenvalue weighted by atomic mass is 16.5. The number of hydrogen-bond acceptors (Lipinski definition) is 5. The molecular formula is C24H30N4O3. The number of hydrogen-bond donors (Lipinski definition) is 1. The second-order valence-corrected chi connectivity index (χ2v) is 8.53. The maximum absolute atomic E-state index is 13.1. The lowest BCUT2D eigenvalue weighted by atomic mass is 10.1. The molecule has 1 atom stereocenters. The summed E-state index contributed by atoms with van der Waals surface area (Å²) in [6.07, 6.45) is 7.69. The van der Waals surface area contributed by atoms with E-state index in [1.165, 1.54) is 19.0 Å². The van der Waals surface area contributed by atoms with Gasteiger partial charge < -0.3 is 15.0 Å². The van der Waals surface area contributed by atoms with E-state index in [2.05, 4.69) is 22.2 Å². The SMILES string of the molecule is CCCCNC(=O)c1nccc2c1CN(C(C)c1cc(C)c(OCC3CC3)cn1)C2=O. The van der Waals surface area contributed by atoms with Crippen LogP contribution >= 0.6 is 0 Å². The Morgan fingerprint density at radius 2 is 2.16 bits per heavy atom. The van der Waals surface area contributed by atoms with E-state index in [9.17, 15) is 9.59 Å². The standard InChI is InChI=1S/C24H30N4O3/c1-4-5-9-26-23(29)22-19-13-28(24(30)18(19)8-10-25-22)16(3)20-11-15(2)21(12-27-20)31-14-17-6-7-17/h8,10-12,16-17H,4-7,9,13-14H2,1-3H3,(H,26,29). The zero-order valence-corrected chi connectivity index (χ0v) is 18.5. The van der Waals surface area contributed by atoms with Crippen LogP contribution in [0.1, 0.15) is 83.2 Å². The lowest BCUT2D eigenvalue weighted by molar-refractivity contribution is 0.0711. The smallest absolute Gasteiger partial charge is 0.270 e. The maximum Gasteiger partial charge on any atom is 0.270 e. The minimum Gasteiger partial charge on any atom is -0.491 e. The molecule has 0 bridgehead atoms. The summed E-state index contributed by atoms with van der Waals surface area (Å²) >= 11 is 0. The van der Waals surface area contributed by atoms with Crippen molar-refractivity contribution in [3.05, 3.63) is 52.6 Å². The average molecular weight is 423 g/mol. The van der Waals surface area contributed by atoms with Gasteiger partial charge in [-0.3, -0.25) is 19.6 Å². The van der Waals surface area contributed by atoms with Crippen LogP contribution in [0.2, 0.25) is 0 Å². The zero-order chi connectivity index (χ0) is 22.0. The Morgan fingerprint density at radius 1 is 1.35 bits per heavy atom. The molecule has 1 unspecified atom stereocenters. The number of unbranched alkanes of at least 4 members (excludes halogenated alkanes) is 1. The first kappa shape index (κ1) is 21.3. The number of nitrogens with one attached hydrogen (secondary N) is 1. The largest absolute Gasteiger partial charge is 0.491 e. The van der Waals surface area contributed by atoms with Crippen molar-refractivity contribution >= 4 is 11.8 Å². The van der Waals surface area contributed by atoms with E-state index in [1.54, 1.807) is 17.2 Å². The predicted octanol–water partition coefficient (Wildman–Crippen LogP) is 3.82. The van der Waals surface area contributed by atoms with Crippen molar-refractivity contribution < 1.29 is 14.3 Å². The third-order valence-electron chi connectivity index (χ3n) is 6.06. The Labute approximate surface area is 183 Å². The van der Waals surface area contributed by atoms with Crippen LogP contribution in [0.3, 0.4) is 0 Å². The lowest BCUT2D eigenvalue weighted by Gasteiger charge is -2.24. The summed E-state index contributed by atoms with van der Waals surface area (Å²) in [5.74, 6) is 1.16. The van der Waals surface area contributed by atoms with Gasteiger partial charge in [-0.05, 0) is 56.7 Å². The van der Waals surface area contributed by atoms with Gasteiger partial charge in [0.15, 0.2) is 0 Å². The third kappa shape index (κ3) is 4.55. The molecule has 4 rings (SSSR count). The van der Waals surface area contributed by atoms with E-state index in [-0.39, 0.29) is 17.9 Å². The lowest BCUT2D eigenvalue weighted by Crippen LogP contribution is -2.28. The summed E-state index contributed by atoms with van der Waals surface area (Å²) < 4.78 is 5.88. The fourth-order valence-corrected chi connectivity index (χ4v) is 3.82. The van der Waals surface area contributed by atoms with Crippen molar-refractivity contribution in [3.63, 3.8) is 0 Å². The third-order valence-corrected chi connectivity index (χ3v) is 6.06. The number of aryl methyl sites for hydroxylation is 1. The van der Waals surface area contributed by atoms with E-state index < -0.39 is 0 Å². The van der Waals surface area contributed by atoms with Crippen molar-refractivity contribution in [3.8, 4) is 5.75 Å². The van der Waals surface area contributed by atoms with Gasteiger partial charge in [-0.1, -0.05) is 13.3 Å². The number of fused-ring (bicyclic) bond motifs is 1. The van der Waals surface area contributed by atoms with E-state index in [0.717, 1.165) is 36.5 Å². The molecule has 2 aliphatic rings. The van der Waals surface area contributed by atoms with Gasteiger partial charge >= 0.3 is 0 Å². The molecule has 0 spiro atoms. The number of amides is 2. The molecule has 0 radical (unpaired) electrons. The number of carbonyl (C=O) groups excluding carboxylic acids is 2. The Kier molecular flexibility index (Phi) is 6.20. The molecule has 0 aromatic carbocycles. The first-order valence-corrected chi connectivity index (χ1v) is 11.2. The van der Waals surface area contributed by atoms with Crippen LogP contribution in [-0.2, 0) is 6.54 Å². The van der Waals surface area contributed by atoms with Crippen molar-refractivity contribution in [1.29, 1.82) is 0 Å². The van der Waals surface area contributed by atoms with Crippen molar-refractivity contribution in [2.24, 2.45) is 5.92 Å². The summed E-state index contributed by atoms with van der Waals surface area (Å²) in [6, 6.07) is 3.45. The maximum atomic E-state index is 13.1. The topological polar surface area (TPSA) is 84.4 Å². The van der Waals surface area contributed by atoms with Crippen LogP contribution in [0.5, 0.6) is 5.75 Å². The predicted molar refractivity (Wildman–Crippen MR) is 117 cm³/mol. The van der Waals surface area contributed by atoms with Gasteiger partial charge in [-0.2, -0.15) is 0 Å². The van der Waals surface area contributed by atoms with E-state index in [1.807, 2.05) is 19.9 Å². The van der Waals surface area contributed by atoms with Gasteiger partial charge in [-0.15, -0.1) is 0 Å². The van der Waals surface area contributed by atoms with Crippen LogP contribution in [0, 0.1) is 12.8 Å². The molecular weight excluding hydrogens is 392 g/mol. The normalized spacial score (nSPS) is 16.2. The van der Waals surface area contributed by atoms with Crippen molar-refractivity contribution in [1.82, 2.24) is 20.2 Å². The number of rotatable bonds is 9. The number of ether oxygens (including phenoxy) is 1. The van der Waals surface area contributed by atoms with Crippen LogP contribution < -0.4 is 10.1 Å². The summed E-state index contributed by atoms with van der Waals surface area (Å²) in [5, 5.41) is 2.90.